The zero-order valence-corrected chi connectivity index (χ0v) is 16.3. The zero-order chi connectivity index (χ0) is 21.4. The Morgan fingerprint density at radius 1 is 1.31 bits per heavy atom. The molecule has 0 radical (unpaired) electrons. The highest BCUT2D eigenvalue weighted by molar-refractivity contribution is 7.89. The van der Waals surface area contributed by atoms with E-state index in [1.807, 2.05) is 0 Å². The number of nitrogens with zero attached hydrogens (tertiary/aromatic N) is 3. The summed E-state index contributed by atoms with van der Waals surface area (Å²) in [4.78, 5) is 11.8. The lowest BCUT2D eigenvalue weighted by atomic mass is 10.2. The van der Waals surface area contributed by atoms with Gasteiger partial charge in [0.05, 0.1) is 37.7 Å². The lowest BCUT2D eigenvalue weighted by Gasteiger charge is -2.09. The zero-order valence-electron chi connectivity index (χ0n) is 15.5. The standard InChI is InChI=1S/C17H20F2N6O3S/c1-28-15(23-9-11-4-2-3-5-12(11)18)8-14(20)17-24-10-13(19)16(25-17)22-6-7-29(21,26)27/h2-5,10,20H,6-9H2,1H3,(H2,21,26,27)(H,22,24,25). The van der Waals surface area contributed by atoms with Gasteiger partial charge in [0.25, 0.3) is 0 Å². The van der Waals surface area contributed by atoms with E-state index in [0.717, 1.165) is 6.20 Å². The number of methoxy groups -OCH3 is 1. The lowest BCUT2D eigenvalue weighted by molar-refractivity contribution is 0.393. The first-order chi connectivity index (χ1) is 13.7. The predicted octanol–water partition coefficient (Wildman–Crippen LogP) is 1.46. The molecule has 0 spiro atoms. The monoisotopic (exact) mass is 426 g/mol. The van der Waals surface area contributed by atoms with Gasteiger partial charge in [0.1, 0.15) is 5.82 Å². The van der Waals surface area contributed by atoms with E-state index < -0.39 is 27.4 Å². The number of ether oxygens (including phenoxy) is 1. The number of hydrogen-bond donors (Lipinski definition) is 3. The van der Waals surface area contributed by atoms with Crippen LogP contribution in [0.5, 0.6) is 0 Å². The largest absolute Gasteiger partial charge is 0.484 e. The molecule has 0 amide bonds. The summed E-state index contributed by atoms with van der Waals surface area (Å²) in [6.45, 7) is -0.138. The number of halogens is 2. The van der Waals surface area contributed by atoms with Crippen molar-refractivity contribution in [3.8, 4) is 0 Å². The van der Waals surface area contributed by atoms with Gasteiger partial charge in [-0.2, -0.15) is 0 Å². The first kappa shape index (κ1) is 22.3. The molecule has 2 rings (SSSR count). The number of aliphatic imine (C=N–C) groups is 1. The second-order valence-corrected chi connectivity index (χ2v) is 7.58. The summed E-state index contributed by atoms with van der Waals surface area (Å²) in [7, 11) is -2.35. The molecule has 1 aromatic heterocycles. The molecule has 1 heterocycles. The Labute approximate surface area is 166 Å². The van der Waals surface area contributed by atoms with Gasteiger partial charge in [-0.25, -0.2) is 32.3 Å². The number of rotatable bonds is 9. The Bertz CT molecular complexity index is 1010. The molecule has 0 aliphatic heterocycles. The number of primary sulfonamides is 1. The fourth-order valence-corrected chi connectivity index (χ4v) is 2.56. The predicted molar refractivity (Wildman–Crippen MR) is 104 cm³/mol. The molecule has 0 unspecified atom stereocenters. The van der Waals surface area contributed by atoms with E-state index in [0.29, 0.717) is 5.56 Å². The van der Waals surface area contributed by atoms with Crippen LogP contribution in [0.2, 0.25) is 0 Å². The van der Waals surface area contributed by atoms with Gasteiger partial charge in [-0.15, -0.1) is 0 Å². The molecule has 0 atom stereocenters. The van der Waals surface area contributed by atoms with Gasteiger partial charge in [-0.3, -0.25) is 4.99 Å². The smallest absolute Gasteiger partial charge is 0.210 e. The van der Waals surface area contributed by atoms with Gasteiger partial charge in [-0.05, 0) is 6.07 Å². The van der Waals surface area contributed by atoms with Crippen LogP contribution in [0, 0.1) is 17.0 Å². The van der Waals surface area contributed by atoms with Crippen LogP contribution in [-0.4, -0.2) is 49.4 Å². The van der Waals surface area contributed by atoms with Crippen molar-refractivity contribution in [3.05, 3.63) is 53.5 Å². The van der Waals surface area contributed by atoms with E-state index in [2.05, 4.69) is 20.3 Å². The highest BCUT2D eigenvalue weighted by Gasteiger charge is 2.14. The second-order valence-electron chi connectivity index (χ2n) is 5.84. The van der Waals surface area contributed by atoms with Crippen molar-refractivity contribution < 1.29 is 21.9 Å². The average molecular weight is 426 g/mol. The summed E-state index contributed by atoms with van der Waals surface area (Å²) in [6.07, 6.45) is 0.756. The number of hydrogen-bond acceptors (Lipinski definition) is 8. The normalized spacial score (nSPS) is 11.9. The molecule has 4 N–H and O–H groups in total. The molecule has 0 aliphatic carbocycles. The SMILES string of the molecule is COC(CC(=N)c1ncc(F)c(NCCS(N)(=O)=O)n1)=NCc1ccccc1F. The van der Waals surface area contributed by atoms with Gasteiger partial charge in [0.15, 0.2) is 23.4 Å². The first-order valence-electron chi connectivity index (χ1n) is 8.35. The molecule has 0 fully saturated rings. The molecule has 0 aliphatic rings. The Kier molecular flexibility index (Phi) is 7.67. The minimum absolute atomic E-state index is 0.0216. The molecule has 12 heteroatoms. The minimum Gasteiger partial charge on any atom is -0.484 e. The summed E-state index contributed by atoms with van der Waals surface area (Å²) in [5.41, 5.74) is 0.251. The van der Waals surface area contributed by atoms with Gasteiger partial charge in [0.2, 0.25) is 10.0 Å². The fraction of sp³-hybridized carbons (Fsp3) is 0.294. The Morgan fingerprint density at radius 2 is 2.03 bits per heavy atom. The summed E-state index contributed by atoms with van der Waals surface area (Å²) < 4.78 is 54.5. The molecule has 29 heavy (non-hydrogen) atoms. The van der Waals surface area contributed by atoms with E-state index in [1.54, 1.807) is 18.2 Å². The summed E-state index contributed by atoms with van der Waals surface area (Å²) in [5, 5.41) is 15.5. The third kappa shape index (κ3) is 7.16. The topological polar surface area (TPSA) is 143 Å². The van der Waals surface area contributed by atoms with E-state index in [4.69, 9.17) is 15.3 Å². The Morgan fingerprint density at radius 3 is 2.69 bits per heavy atom. The van der Waals surface area contributed by atoms with Crippen LogP contribution >= 0.6 is 0 Å². The Balaban J connectivity index is 2.07. The average Bonchev–Trinajstić information content (AvgIpc) is 2.66. The van der Waals surface area contributed by atoms with Crippen LogP contribution in [0.15, 0.2) is 35.5 Å². The number of anilines is 1. The highest BCUT2D eigenvalue weighted by Crippen LogP contribution is 2.12. The third-order valence-electron chi connectivity index (χ3n) is 3.64. The van der Waals surface area contributed by atoms with Crippen molar-refractivity contribution in [1.82, 2.24) is 9.97 Å². The second kappa shape index (κ2) is 9.98. The van der Waals surface area contributed by atoms with Crippen LogP contribution < -0.4 is 10.5 Å². The van der Waals surface area contributed by atoms with Crippen molar-refractivity contribution in [3.63, 3.8) is 0 Å². The van der Waals surface area contributed by atoms with Gasteiger partial charge >= 0.3 is 0 Å². The highest BCUT2D eigenvalue weighted by atomic mass is 32.2. The summed E-state index contributed by atoms with van der Waals surface area (Å²) in [6, 6.07) is 6.14. The van der Waals surface area contributed by atoms with Crippen LogP contribution in [-0.2, 0) is 21.3 Å². The van der Waals surface area contributed by atoms with Crippen molar-refractivity contribution in [2.45, 2.75) is 13.0 Å². The molecule has 1 aromatic carbocycles. The van der Waals surface area contributed by atoms with E-state index in [9.17, 15) is 17.2 Å². The number of benzene rings is 1. The molecular weight excluding hydrogens is 406 g/mol. The fourth-order valence-electron chi connectivity index (χ4n) is 2.17. The van der Waals surface area contributed by atoms with E-state index in [1.165, 1.54) is 13.2 Å². The van der Waals surface area contributed by atoms with Crippen molar-refractivity contribution >= 4 is 27.5 Å². The molecule has 156 valence electrons. The number of nitrogens with one attached hydrogen (secondary N) is 2. The lowest BCUT2D eigenvalue weighted by Crippen LogP contribution is -2.23. The van der Waals surface area contributed by atoms with Gasteiger partial charge in [0, 0.05) is 12.1 Å². The third-order valence-corrected chi connectivity index (χ3v) is 4.41. The maximum Gasteiger partial charge on any atom is 0.210 e. The van der Waals surface area contributed by atoms with Crippen molar-refractivity contribution in [1.29, 1.82) is 5.41 Å². The van der Waals surface area contributed by atoms with Gasteiger partial charge < -0.3 is 15.5 Å². The number of nitrogens with two attached hydrogens (primary N) is 1. The number of sulfonamides is 1. The Hall–Kier alpha value is -2.99. The quantitative estimate of drug-likeness (QED) is 0.409. The maximum absolute atomic E-state index is 13.8. The molecular formula is C17H20F2N6O3S. The van der Waals surface area contributed by atoms with E-state index >= 15 is 0 Å². The summed E-state index contributed by atoms with van der Waals surface area (Å²) >= 11 is 0. The van der Waals surface area contributed by atoms with Crippen LogP contribution in [0.4, 0.5) is 14.6 Å². The first-order valence-corrected chi connectivity index (χ1v) is 10.1. The number of aromatic nitrogens is 2. The minimum atomic E-state index is -3.71. The molecule has 9 nitrogen and oxygen atoms in total. The maximum atomic E-state index is 13.8. The molecule has 0 bridgehead atoms. The molecule has 0 saturated carbocycles. The summed E-state index contributed by atoms with van der Waals surface area (Å²) in [5.74, 6) is -1.84. The van der Waals surface area contributed by atoms with Crippen molar-refractivity contribution in [2.75, 3.05) is 24.7 Å². The van der Waals surface area contributed by atoms with E-state index in [-0.39, 0.29) is 42.8 Å². The van der Waals surface area contributed by atoms with Gasteiger partial charge in [-0.1, -0.05) is 18.2 Å². The van der Waals surface area contributed by atoms with Crippen LogP contribution in [0.25, 0.3) is 0 Å². The van der Waals surface area contributed by atoms with Crippen LogP contribution in [0.3, 0.4) is 0 Å². The molecule has 0 saturated heterocycles. The molecule has 2 aromatic rings. The van der Waals surface area contributed by atoms with Crippen LogP contribution in [0.1, 0.15) is 17.8 Å². The van der Waals surface area contributed by atoms with Crippen molar-refractivity contribution in [2.24, 2.45) is 10.1 Å².